The van der Waals surface area contributed by atoms with Crippen molar-refractivity contribution in [1.29, 1.82) is 0 Å². The molecule has 1 aromatic carbocycles. The van der Waals surface area contributed by atoms with E-state index in [1.807, 2.05) is 11.8 Å². The maximum Gasteiger partial charge on any atom is 0.416 e. The molecule has 4 nitrogen and oxygen atoms in total. The van der Waals surface area contributed by atoms with E-state index in [0.717, 1.165) is 61.3 Å². The summed E-state index contributed by atoms with van der Waals surface area (Å²) in [6, 6.07) is 3.60. The number of aromatic nitrogens is 2. The Hall–Kier alpha value is -1.86. The summed E-state index contributed by atoms with van der Waals surface area (Å²) in [6.07, 6.45) is 0.253. The fourth-order valence-corrected chi connectivity index (χ4v) is 4.56. The van der Waals surface area contributed by atoms with Crippen LogP contribution in [0.1, 0.15) is 55.3 Å². The van der Waals surface area contributed by atoms with Gasteiger partial charge in [-0.1, -0.05) is 18.5 Å². The van der Waals surface area contributed by atoms with Gasteiger partial charge >= 0.3 is 6.18 Å². The minimum Gasteiger partial charge on any atom is -0.328 e. The number of rotatable bonds is 5. The van der Waals surface area contributed by atoms with Crippen LogP contribution in [0.3, 0.4) is 0 Å². The van der Waals surface area contributed by atoms with E-state index < -0.39 is 11.7 Å². The number of anilines is 2. The second-order valence-electron chi connectivity index (χ2n) is 8.14. The first kappa shape index (κ1) is 20.4. The maximum atomic E-state index is 13.0. The van der Waals surface area contributed by atoms with Crippen LogP contribution in [0.5, 0.6) is 0 Å². The lowest BCUT2D eigenvalue weighted by atomic mass is 9.89. The Morgan fingerprint density at radius 1 is 1.28 bits per heavy atom. The van der Waals surface area contributed by atoms with Crippen LogP contribution in [-0.2, 0) is 18.0 Å². The largest absolute Gasteiger partial charge is 0.416 e. The van der Waals surface area contributed by atoms with Crippen molar-refractivity contribution in [2.24, 2.45) is 5.73 Å². The van der Waals surface area contributed by atoms with Gasteiger partial charge in [0.05, 0.1) is 22.0 Å². The first-order valence-corrected chi connectivity index (χ1v) is 10.3. The molecule has 1 fully saturated rings. The SMILES string of the molecule is CCC(N)CC1(c2nc(C)nc3c2CCN3c2ccc(C(F)(F)F)cc2Cl)CC1. The number of fused-ring (bicyclic) bond motifs is 1. The first-order chi connectivity index (χ1) is 13.6. The molecule has 0 bridgehead atoms. The summed E-state index contributed by atoms with van der Waals surface area (Å²) >= 11 is 6.25. The average molecular weight is 425 g/mol. The molecule has 156 valence electrons. The van der Waals surface area contributed by atoms with E-state index in [2.05, 4.69) is 11.9 Å². The highest BCUT2D eigenvalue weighted by Gasteiger charge is 2.49. The first-order valence-electron chi connectivity index (χ1n) is 9.92. The van der Waals surface area contributed by atoms with Crippen molar-refractivity contribution in [3.8, 4) is 0 Å². The molecule has 1 saturated carbocycles. The lowest BCUT2D eigenvalue weighted by Gasteiger charge is -2.24. The number of hydrogen-bond donors (Lipinski definition) is 1. The van der Waals surface area contributed by atoms with Gasteiger partial charge < -0.3 is 10.6 Å². The van der Waals surface area contributed by atoms with Crippen LogP contribution in [0.15, 0.2) is 18.2 Å². The van der Waals surface area contributed by atoms with Crippen molar-refractivity contribution in [2.75, 3.05) is 11.4 Å². The zero-order chi connectivity index (χ0) is 21.0. The van der Waals surface area contributed by atoms with Crippen LogP contribution in [-0.4, -0.2) is 22.6 Å². The molecule has 4 rings (SSSR count). The van der Waals surface area contributed by atoms with Crippen LogP contribution >= 0.6 is 11.6 Å². The highest BCUT2D eigenvalue weighted by atomic mass is 35.5. The van der Waals surface area contributed by atoms with Crippen LogP contribution in [0, 0.1) is 6.92 Å². The van der Waals surface area contributed by atoms with Gasteiger partial charge in [0.15, 0.2) is 0 Å². The Balaban J connectivity index is 1.73. The normalized spacial score (nSPS) is 18.7. The summed E-state index contributed by atoms with van der Waals surface area (Å²) in [7, 11) is 0. The van der Waals surface area contributed by atoms with E-state index in [0.29, 0.717) is 18.1 Å². The van der Waals surface area contributed by atoms with E-state index in [1.54, 1.807) is 0 Å². The molecule has 1 aromatic heterocycles. The second-order valence-corrected chi connectivity index (χ2v) is 8.55. The molecule has 29 heavy (non-hydrogen) atoms. The Morgan fingerprint density at radius 2 is 2.00 bits per heavy atom. The van der Waals surface area contributed by atoms with E-state index in [1.165, 1.54) is 6.07 Å². The minimum atomic E-state index is -4.42. The van der Waals surface area contributed by atoms with Gasteiger partial charge in [0.25, 0.3) is 0 Å². The van der Waals surface area contributed by atoms with Crippen molar-refractivity contribution in [1.82, 2.24) is 9.97 Å². The molecule has 0 spiro atoms. The number of alkyl halides is 3. The number of nitrogens with zero attached hydrogens (tertiary/aromatic N) is 3. The van der Waals surface area contributed by atoms with Gasteiger partial charge in [0.2, 0.25) is 0 Å². The molecule has 1 aliphatic heterocycles. The van der Waals surface area contributed by atoms with Crippen molar-refractivity contribution < 1.29 is 13.2 Å². The van der Waals surface area contributed by atoms with Gasteiger partial charge in [0, 0.05) is 23.6 Å². The van der Waals surface area contributed by atoms with Gasteiger partial charge in [-0.05, 0) is 57.2 Å². The molecule has 0 saturated heterocycles. The van der Waals surface area contributed by atoms with Crippen LogP contribution in [0.25, 0.3) is 0 Å². The predicted octanol–water partition coefficient (Wildman–Crippen LogP) is 5.31. The molecule has 1 aliphatic carbocycles. The Kier molecular flexibility index (Phi) is 5.02. The summed E-state index contributed by atoms with van der Waals surface area (Å²) in [6.45, 7) is 4.55. The Labute approximate surface area is 173 Å². The molecule has 2 aliphatic rings. The molecular weight excluding hydrogens is 401 g/mol. The van der Waals surface area contributed by atoms with E-state index in [-0.39, 0.29) is 16.5 Å². The summed E-state index contributed by atoms with van der Waals surface area (Å²) in [5, 5.41) is 0.0691. The van der Waals surface area contributed by atoms with Gasteiger partial charge in [-0.3, -0.25) is 0 Å². The number of nitrogens with two attached hydrogens (primary N) is 1. The fourth-order valence-electron chi connectivity index (χ4n) is 4.27. The highest BCUT2D eigenvalue weighted by Crippen LogP contribution is 2.54. The third kappa shape index (κ3) is 3.70. The van der Waals surface area contributed by atoms with Crippen molar-refractivity contribution in [3.05, 3.63) is 45.9 Å². The lowest BCUT2D eigenvalue weighted by Crippen LogP contribution is -2.27. The summed E-state index contributed by atoms with van der Waals surface area (Å²) < 4.78 is 39.0. The lowest BCUT2D eigenvalue weighted by molar-refractivity contribution is -0.137. The molecule has 8 heteroatoms. The molecule has 0 amide bonds. The predicted molar refractivity (Wildman–Crippen MR) is 108 cm³/mol. The third-order valence-electron chi connectivity index (χ3n) is 6.04. The van der Waals surface area contributed by atoms with Crippen LogP contribution < -0.4 is 10.6 Å². The van der Waals surface area contributed by atoms with Gasteiger partial charge in [0.1, 0.15) is 11.6 Å². The highest BCUT2D eigenvalue weighted by molar-refractivity contribution is 6.33. The Morgan fingerprint density at radius 3 is 2.59 bits per heavy atom. The number of benzene rings is 1. The van der Waals surface area contributed by atoms with Crippen LogP contribution in [0.4, 0.5) is 24.7 Å². The van der Waals surface area contributed by atoms with Gasteiger partial charge in [-0.15, -0.1) is 0 Å². The molecule has 0 radical (unpaired) electrons. The monoisotopic (exact) mass is 424 g/mol. The molecule has 1 unspecified atom stereocenters. The molecule has 2 N–H and O–H groups in total. The fraction of sp³-hybridized carbons (Fsp3) is 0.524. The standard InChI is InChI=1S/C21H24ClF3N4/c1-3-14(26)11-20(7-8-20)18-15-6-9-29(19(15)28-12(2)27-18)17-5-4-13(10-16(17)22)21(23,24)25/h4-5,10,14H,3,6-9,11,26H2,1-2H3. The zero-order valence-corrected chi connectivity index (χ0v) is 17.2. The average Bonchev–Trinajstić information content (AvgIpc) is 3.31. The number of aryl methyl sites for hydroxylation is 1. The minimum absolute atomic E-state index is 0.00710. The number of hydrogen-bond acceptors (Lipinski definition) is 4. The molecule has 1 atom stereocenters. The molecular formula is C21H24ClF3N4. The summed E-state index contributed by atoms with van der Waals surface area (Å²) in [5.41, 5.74) is 8.18. The summed E-state index contributed by atoms with van der Waals surface area (Å²) in [4.78, 5) is 11.3. The molecule has 2 aromatic rings. The van der Waals surface area contributed by atoms with Crippen molar-refractivity contribution in [2.45, 2.75) is 63.6 Å². The summed E-state index contributed by atoms with van der Waals surface area (Å²) in [5.74, 6) is 1.41. The molecule has 2 heterocycles. The quantitative estimate of drug-likeness (QED) is 0.706. The smallest absolute Gasteiger partial charge is 0.328 e. The zero-order valence-electron chi connectivity index (χ0n) is 16.5. The Bertz CT molecular complexity index is 940. The van der Waals surface area contributed by atoms with Crippen LogP contribution in [0.2, 0.25) is 5.02 Å². The van der Waals surface area contributed by atoms with E-state index >= 15 is 0 Å². The van der Waals surface area contributed by atoms with Gasteiger partial charge in [-0.25, -0.2) is 9.97 Å². The van der Waals surface area contributed by atoms with E-state index in [9.17, 15) is 13.2 Å². The number of halogens is 4. The van der Waals surface area contributed by atoms with Gasteiger partial charge in [-0.2, -0.15) is 13.2 Å². The van der Waals surface area contributed by atoms with Crippen molar-refractivity contribution in [3.63, 3.8) is 0 Å². The second kappa shape index (κ2) is 7.13. The van der Waals surface area contributed by atoms with Crippen molar-refractivity contribution >= 4 is 23.1 Å². The third-order valence-corrected chi connectivity index (χ3v) is 6.34. The maximum absolute atomic E-state index is 13.0. The van der Waals surface area contributed by atoms with E-state index in [4.69, 9.17) is 22.3 Å². The topological polar surface area (TPSA) is 55.0 Å².